The van der Waals surface area contributed by atoms with Gasteiger partial charge < -0.3 is 5.32 Å². The van der Waals surface area contributed by atoms with Crippen LogP contribution in [0.15, 0.2) is 28.1 Å². The van der Waals surface area contributed by atoms with Gasteiger partial charge in [-0.15, -0.1) is 11.8 Å². The van der Waals surface area contributed by atoms with Crippen LogP contribution in [0, 0.1) is 0 Å². The molecule has 3 nitrogen and oxygen atoms in total. The number of nitrogens with zero attached hydrogens (tertiary/aromatic N) is 1. The molecule has 0 spiro atoms. The number of halogens is 1. The number of amides is 1. The molecule has 0 aromatic heterocycles. The minimum Gasteiger partial charge on any atom is -0.313 e. The first-order valence-corrected chi connectivity index (χ1v) is 5.83. The molecule has 1 atom stereocenters. The molecule has 3 rings (SSSR count). The number of nitrogens with one attached hydrogen (secondary N) is 1. The van der Waals surface area contributed by atoms with Crippen LogP contribution in [0.25, 0.3) is 0 Å². The highest BCUT2D eigenvalue weighted by Gasteiger charge is 2.32. The van der Waals surface area contributed by atoms with Crippen molar-refractivity contribution in [2.24, 2.45) is 4.99 Å². The fraction of sp³-hybridized carbons (Fsp3) is 0.200. The van der Waals surface area contributed by atoms with Crippen molar-refractivity contribution < 1.29 is 4.79 Å². The van der Waals surface area contributed by atoms with Gasteiger partial charge in [0.25, 0.3) is 0 Å². The second-order valence-electron chi connectivity index (χ2n) is 3.47. The summed E-state index contributed by atoms with van der Waals surface area (Å²) in [6.07, 6.45) is 0.519. The van der Waals surface area contributed by atoms with E-state index in [1.165, 1.54) is 0 Å². The van der Waals surface area contributed by atoms with E-state index in [9.17, 15) is 4.79 Å². The van der Waals surface area contributed by atoms with Gasteiger partial charge in [0.1, 0.15) is 5.84 Å². The van der Waals surface area contributed by atoms with Crippen LogP contribution < -0.4 is 5.32 Å². The molecule has 0 radical (unpaired) electrons. The molecule has 0 aliphatic carbocycles. The van der Waals surface area contributed by atoms with Crippen molar-refractivity contribution >= 4 is 40.8 Å². The Morgan fingerprint density at radius 2 is 2.40 bits per heavy atom. The molecular formula is C10H7ClN2OS. The van der Waals surface area contributed by atoms with E-state index in [0.717, 1.165) is 16.4 Å². The smallest absolute Gasteiger partial charge is 0.226 e. The number of carbonyl (C=O) groups excluding carboxylic acids is 1. The van der Waals surface area contributed by atoms with Crippen molar-refractivity contribution in [2.75, 3.05) is 0 Å². The van der Waals surface area contributed by atoms with Gasteiger partial charge in [0, 0.05) is 16.3 Å². The van der Waals surface area contributed by atoms with Gasteiger partial charge in [-0.05, 0) is 18.2 Å². The normalized spacial score (nSPS) is 22.9. The standard InChI is InChI=1S/C10H7ClN2OS/c11-5-1-2-7-6(3-5)12-10-8(15-7)4-9(14)13-10/h1-3,8H,4H2,(H,12,13,14). The first-order chi connectivity index (χ1) is 7.22. The third kappa shape index (κ3) is 1.54. The molecule has 2 aliphatic rings. The van der Waals surface area contributed by atoms with Crippen LogP contribution in [0.4, 0.5) is 5.69 Å². The number of thioether (sulfide) groups is 1. The summed E-state index contributed by atoms with van der Waals surface area (Å²) in [5.41, 5.74) is 0.848. The molecule has 1 saturated heterocycles. The maximum absolute atomic E-state index is 11.2. The Bertz CT molecular complexity index is 486. The quantitative estimate of drug-likeness (QED) is 0.754. The van der Waals surface area contributed by atoms with Gasteiger partial charge in [0.2, 0.25) is 5.91 Å². The average molecular weight is 239 g/mol. The SMILES string of the molecule is O=C1CC2Sc3ccc(Cl)cc3N=C2N1. The van der Waals surface area contributed by atoms with Crippen molar-refractivity contribution in [1.29, 1.82) is 0 Å². The number of benzene rings is 1. The maximum atomic E-state index is 11.2. The molecule has 15 heavy (non-hydrogen) atoms. The van der Waals surface area contributed by atoms with E-state index in [2.05, 4.69) is 10.3 Å². The van der Waals surface area contributed by atoms with Crippen LogP contribution in [0.5, 0.6) is 0 Å². The summed E-state index contributed by atoms with van der Waals surface area (Å²) < 4.78 is 0. The summed E-state index contributed by atoms with van der Waals surface area (Å²) in [4.78, 5) is 16.7. The molecule has 2 heterocycles. The van der Waals surface area contributed by atoms with Crippen LogP contribution in [0.1, 0.15) is 6.42 Å². The second-order valence-corrected chi connectivity index (χ2v) is 5.15. The van der Waals surface area contributed by atoms with Gasteiger partial charge in [-0.1, -0.05) is 11.6 Å². The zero-order chi connectivity index (χ0) is 10.4. The summed E-state index contributed by atoms with van der Waals surface area (Å²) >= 11 is 7.55. The van der Waals surface area contributed by atoms with Crippen LogP contribution in [-0.2, 0) is 4.79 Å². The molecule has 0 saturated carbocycles. The highest BCUT2D eigenvalue weighted by Crippen LogP contribution is 2.41. The molecule has 2 aliphatic heterocycles. The van der Waals surface area contributed by atoms with E-state index in [4.69, 9.17) is 11.6 Å². The predicted molar refractivity (Wildman–Crippen MR) is 61.0 cm³/mol. The van der Waals surface area contributed by atoms with E-state index < -0.39 is 0 Å². The highest BCUT2D eigenvalue weighted by molar-refractivity contribution is 8.01. The Labute approximate surface area is 95.9 Å². The molecule has 1 aromatic rings. The van der Waals surface area contributed by atoms with Crippen molar-refractivity contribution in [3.05, 3.63) is 23.2 Å². The number of carbonyl (C=O) groups is 1. The molecule has 0 bridgehead atoms. The van der Waals surface area contributed by atoms with Gasteiger partial charge >= 0.3 is 0 Å². The van der Waals surface area contributed by atoms with Gasteiger partial charge in [-0.2, -0.15) is 0 Å². The summed E-state index contributed by atoms with van der Waals surface area (Å²) in [6, 6.07) is 5.61. The molecule has 1 amide bonds. The number of hydrogen-bond acceptors (Lipinski definition) is 3. The van der Waals surface area contributed by atoms with Crippen molar-refractivity contribution in [1.82, 2.24) is 5.32 Å². The number of aliphatic imine (C=N–C) groups is 1. The Hall–Kier alpha value is -1.00. The average Bonchev–Trinajstić information content (AvgIpc) is 2.53. The number of fused-ring (bicyclic) bond motifs is 2. The number of rotatable bonds is 0. The Morgan fingerprint density at radius 1 is 1.53 bits per heavy atom. The van der Waals surface area contributed by atoms with E-state index >= 15 is 0 Å². The minimum atomic E-state index is 0.0464. The third-order valence-electron chi connectivity index (χ3n) is 2.37. The zero-order valence-electron chi connectivity index (χ0n) is 7.66. The topological polar surface area (TPSA) is 41.5 Å². The lowest BCUT2D eigenvalue weighted by Gasteiger charge is -2.17. The van der Waals surface area contributed by atoms with Gasteiger partial charge in [-0.3, -0.25) is 4.79 Å². The monoisotopic (exact) mass is 238 g/mol. The van der Waals surface area contributed by atoms with Crippen LogP contribution >= 0.6 is 23.4 Å². The van der Waals surface area contributed by atoms with Crippen molar-refractivity contribution in [3.8, 4) is 0 Å². The van der Waals surface area contributed by atoms with Gasteiger partial charge in [0.15, 0.2) is 0 Å². The summed E-state index contributed by atoms with van der Waals surface area (Å²) in [7, 11) is 0. The Morgan fingerprint density at radius 3 is 3.27 bits per heavy atom. The zero-order valence-corrected chi connectivity index (χ0v) is 9.23. The molecule has 1 N–H and O–H groups in total. The molecule has 1 unspecified atom stereocenters. The van der Waals surface area contributed by atoms with E-state index in [1.54, 1.807) is 11.8 Å². The first-order valence-electron chi connectivity index (χ1n) is 4.57. The molecule has 5 heteroatoms. The fourth-order valence-electron chi connectivity index (χ4n) is 1.70. The van der Waals surface area contributed by atoms with E-state index in [1.807, 2.05) is 18.2 Å². The number of hydrogen-bond donors (Lipinski definition) is 1. The van der Waals surface area contributed by atoms with Crippen LogP contribution in [0.3, 0.4) is 0 Å². The predicted octanol–water partition coefficient (Wildman–Crippen LogP) is 2.36. The Kier molecular flexibility index (Phi) is 2.00. The lowest BCUT2D eigenvalue weighted by Crippen LogP contribution is -2.24. The largest absolute Gasteiger partial charge is 0.313 e. The lowest BCUT2D eigenvalue weighted by atomic mass is 10.3. The van der Waals surface area contributed by atoms with Crippen molar-refractivity contribution in [3.63, 3.8) is 0 Å². The van der Waals surface area contributed by atoms with Crippen molar-refractivity contribution in [2.45, 2.75) is 16.6 Å². The maximum Gasteiger partial charge on any atom is 0.226 e. The summed E-state index contributed by atoms with van der Waals surface area (Å²) in [5.74, 6) is 0.810. The molecule has 76 valence electrons. The molecule has 1 aromatic carbocycles. The number of amidine groups is 1. The summed E-state index contributed by atoms with van der Waals surface area (Å²) in [6.45, 7) is 0. The van der Waals surface area contributed by atoms with Gasteiger partial charge in [-0.25, -0.2) is 4.99 Å². The second kappa shape index (κ2) is 3.25. The summed E-state index contributed by atoms with van der Waals surface area (Å²) in [5, 5.41) is 3.59. The highest BCUT2D eigenvalue weighted by atomic mass is 35.5. The molecule has 1 fully saturated rings. The van der Waals surface area contributed by atoms with Gasteiger partial charge in [0.05, 0.1) is 10.9 Å². The first kappa shape index (κ1) is 9.24. The third-order valence-corrected chi connectivity index (χ3v) is 3.88. The Balaban J connectivity index is 2.07. The van der Waals surface area contributed by atoms with E-state index in [0.29, 0.717) is 11.4 Å². The van der Waals surface area contributed by atoms with E-state index in [-0.39, 0.29) is 11.2 Å². The lowest BCUT2D eigenvalue weighted by molar-refractivity contribution is -0.118. The minimum absolute atomic E-state index is 0.0464. The van der Waals surface area contributed by atoms with Crippen LogP contribution in [-0.4, -0.2) is 17.0 Å². The fourth-order valence-corrected chi connectivity index (χ4v) is 3.00. The molecular weight excluding hydrogens is 232 g/mol. The van der Waals surface area contributed by atoms with Crippen LogP contribution in [0.2, 0.25) is 5.02 Å².